The normalized spacial score (nSPS) is 23.5. The third kappa shape index (κ3) is 8.78. The van der Waals surface area contributed by atoms with Crippen LogP contribution in [0.25, 0.3) is 0 Å². The molecule has 1 saturated carbocycles. The highest BCUT2D eigenvalue weighted by Gasteiger charge is 2.38. The van der Waals surface area contributed by atoms with Crippen molar-refractivity contribution >= 4 is 14.2 Å². The summed E-state index contributed by atoms with van der Waals surface area (Å²) in [5.74, 6) is 0.805. The lowest BCUT2D eigenvalue weighted by Crippen LogP contribution is -2.43. The number of carbonyl (C=O) groups excluding carboxylic acids is 1. The first kappa shape index (κ1) is 24.2. The molecule has 0 heterocycles. The van der Waals surface area contributed by atoms with Crippen LogP contribution in [0.15, 0.2) is 23.8 Å². The van der Waals surface area contributed by atoms with E-state index in [1.54, 1.807) is 6.08 Å². The fourth-order valence-corrected chi connectivity index (χ4v) is 4.57. The highest BCUT2D eigenvalue weighted by atomic mass is 28.4. The van der Waals surface area contributed by atoms with Gasteiger partial charge in [-0.2, -0.15) is 0 Å². The standard InChI is InChI=1S/C23H43NO2Si/c1-9-18(2)10-12-20-13-15-21(16-14-20)24-22(25)17-11-19(3)26-27(7,8)23(4,5)6/h10-11,17,19-21H,9,12-16H2,1-8H3,(H,24,25)/b17-11-,18-10+/t19-,20-,21+/m0/s1. The Labute approximate surface area is 169 Å². The maximum absolute atomic E-state index is 12.3. The number of carbonyl (C=O) groups is 1. The Morgan fingerprint density at radius 1 is 1.22 bits per heavy atom. The van der Waals surface area contributed by atoms with Crippen molar-refractivity contribution < 1.29 is 9.22 Å². The SMILES string of the molecule is CC/C(C)=C/C[C@H]1CC[C@@H](NC(=O)/C=C\[C@H](C)O[Si](C)(C)C(C)(C)C)CC1. The zero-order chi connectivity index (χ0) is 20.7. The van der Waals surface area contributed by atoms with Crippen molar-refractivity contribution in [3.05, 3.63) is 23.8 Å². The third-order valence-electron chi connectivity index (χ3n) is 6.36. The lowest BCUT2D eigenvalue weighted by molar-refractivity contribution is -0.117. The number of hydrogen-bond acceptors (Lipinski definition) is 2. The van der Waals surface area contributed by atoms with E-state index in [1.165, 1.54) is 24.8 Å². The Balaban J connectivity index is 2.38. The molecule has 1 fully saturated rings. The van der Waals surface area contributed by atoms with Crippen molar-refractivity contribution in [1.29, 1.82) is 0 Å². The van der Waals surface area contributed by atoms with Crippen LogP contribution in [0.2, 0.25) is 18.1 Å². The van der Waals surface area contributed by atoms with Gasteiger partial charge in [-0.05, 0) is 76.4 Å². The molecule has 1 aliphatic rings. The highest BCUT2D eigenvalue weighted by Crippen LogP contribution is 2.37. The molecule has 4 heteroatoms. The van der Waals surface area contributed by atoms with Crippen LogP contribution in [0.3, 0.4) is 0 Å². The maximum atomic E-state index is 12.3. The summed E-state index contributed by atoms with van der Waals surface area (Å²) in [5, 5.41) is 3.36. The van der Waals surface area contributed by atoms with E-state index >= 15 is 0 Å². The van der Waals surface area contributed by atoms with E-state index in [0.717, 1.165) is 25.2 Å². The van der Waals surface area contributed by atoms with Crippen LogP contribution in [0.1, 0.15) is 80.1 Å². The predicted octanol–water partition coefficient (Wildman–Crippen LogP) is 6.37. The van der Waals surface area contributed by atoms with Gasteiger partial charge >= 0.3 is 0 Å². The fourth-order valence-electron chi connectivity index (χ4n) is 3.21. The van der Waals surface area contributed by atoms with E-state index < -0.39 is 8.32 Å². The second-order valence-corrected chi connectivity index (χ2v) is 14.6. The lowest BCUT2D eigenvalue weighted by Gasteiger charge is -2.37. The smallest absolute Gasteiger partial charge is 0.243 e. The highest BCUT2D eigenvalue weighted by molar-refractivity contribution is 6.74. The van der Waals surface area contributed by atoms with Crippen LogP contribution < -0.4 is 5.32 Å². The second kappa shape index (κ2) is 10.6. The van der Waals surface area contributed by atoms with Crippen molar-refractivity contribution in [2.45, 2.75) is 110 Å². The molecular weight excluding hydrogens is 350 g/mol. The van der Waals surface area contributed by atoms with Crippen LogP contribution in [0.5, 0.6) is 0 Å². The average molecular weight is 394 g/mol. The van der Waals surface area contributed by atoms with E-state index in [9.17, 15) is 4.79 Å². The van der Waals surface area contributed by atoms with Gasteiger partial charge in [0.1, 0.15) is 0 Å². The minimum Gasteiger partial charge on any atom is -0.411 e. The van der Waals surface area contributed by atoms with Gasteiger partial charge in [0.25, 0.3) is 0 Å². The van der Waals surface area contributed by atoms with Crippen molar-refractivity contribution in [2.75, 3.05) is 0 Å². The predicted molar refractivity (Wildman–Crippen MR) is 119 cm³/mol. The van der Waals surface area contributed by atoms with E-state index in [0.29, 0.717) is 6.04 Å². The van der Waals surface area contributed by atoms with Gasteiger partial charge in [0, 0.05) is 12.1 Å². The molecule has 1 amide bonds. The average Bonchev–Trinajstić information content (AvgIpc) is 2.57. The van der Waals surface area contributed by atoms with Gasteiger partial charge in [0.15, 0.2) is 8.32 Å². The minimum absolute atomic E-state index is 0.0193. The molecule has 0 spiro atoms. The van der Waals surface area contributed by atoms with Gasteiger partial charge in [-0.15, -0.1) is 0 Å². The molecule has 156 valence electrons. The molecule has 0 aliphatic heterocycles. The second-order valence-electron chi connectivity index (χ2n) is 9.81. The Morgan fingerprint density at radius 3 is 2.33 bits per heavy atom. The van der Waals surface area contributed by atoms with Crippen LogP contribution in [0.4, 0.5) is 0 Å². The Morgan fingerprint density at radius 2 is 1.81 bits per heavy atom. The first-order valence-electron chi connectivity index (χ1n) is 10.8. The summed E-state index contributed by atoms with van der Waals surface area (Å²) in [5.41, 5.74) is 1.49. The first-order valence-corrected chi connectivity index (χ1v) is 13.7. The Kier molecular flexibility index (Phi) is 9.50. The number of amides is 1. The van der Waals surface area contributed by atoms with E-state index in [2.05, 4.69) is 59.1 Å². The fraction of sp³-hybridized carbons (Fsp3) is 0.783. The van der Waals surface area contributed by atoms with Gasteiger partial charge in [0.2, 0.25) is 5.91 Å². The number of rotatable bonds is 8. The molecule has 0 aromatic heterocycles. The molecule has 0 saturated heterocycles. The molecule has 0 bridgehead atoms. The summed E-state index contributed by atoms with van der Waals surface area (Å²) >= 11 is 0. The van der Waals surface area contributed by atoms with Crippen molar-refractivity contribution in [3.8, 4) is 0 Å². The van der Waals surface area contributed by atoms with Gasteiger partial charge in [-0.25, -0.2) is 0 Å². The largest absolute Gasteiger partial charge is 0.411 e. The summed E-state index contributed by atoms with van der Waals surface area (Å²) in [7, 11) is -1.80. The third-order valence-corrected chi connectivity index (χ3v) is 10.9. The quantitative estimate of drug-likeness (QED) is 0.295. The van der Waals surface area contributed by atoms with Crippen LogP contribution in [-0.2, 0) is 9.22 Å². The lowest BCUT2D eigenvalue weighted by atomic mass is 9.83. The molecule has 1 aliphatic carbocycles. The molecular formula is C23H43NO2Si. The van der Waals surface area contributed by atoms with E-state index in [-0.39, 0.29) is 17.0 Å². The number of allylic oxidation sites excluding steroid dienone is 2. The molecule has 0 aromatic carbocycles. The topological polar surface area (TPSA) is 38.3 Å². The zero-order valence-electron chi connectivity index (χ0n) is 19.0. The first-order chi connectivity index (χ1) is 12.4. The maximum Gasteiger partial charge on any atom is 0.243 e. The molecule has 0 radical (unpaired) electrons. The van der Waals surface area contributed by atoms with Gasteiger partial charge in [0.05, 0.1) is 6.10 Å². The molecule has 1 rings (SSSR count). The van der Waals surface area contributed by atoms with Crippen LogP contribution in [0, 0.1) is 5.92 Å². The summed E-state index contributed by atoms with van der Waals surface area (Å²) in [4.78, 5) is 12.3. The molecule has 1 atom stereocenters. The van der Waals surface area contributed by atoms with Gasteiger partial charge in [-0.1, -0.05) is 45.4 Å². The van der Waals surface area contributed by atoms with Gasteiger partial charge < -0.3 is 9.74 Å². The zero-order valence-corrected chi connectivity index (χ0v) is 20.0. The molecule has 0 unspecified atom stereocenters. The van der Waals surface area contributed by atoms with Crippen molar-refractivity contribution in [1.82, 2.24) is 5.32 Å². The van der Waals surface area contributed by atoms with E-state index in [4.69, 9.17) is 4.43 Å². The Bertz CT molecular complexity index is 523. The summed E-state index contributed by atoms with van der Waals surface area (Å²) in [6.07, 6.45) is 12.9. The molecule has 27 heavy (non-hydrogen) atoms. The monoisotopic (exact) mass is 393 g/mol. The molecule has 1 N–H and O–H groups in total. The summed E-state index contributed by atoms with van der Waals surface area (Å²) in [6.45, 7) is 17.6. The van der Waals surface area contributed by atoms with E-state index in [1.807, 2.05) is 13.0 Å². The van der Waals surface area contributed by atoms with Crippen molar-refractivity contribution in [3.63, 3.8) is 0 Å². The molecule has 3 nitrogen and oxygen atoms in total. The number of nitrogens with one attached hydrogen (secondary N) is 1. The van der Waals surface area contributed by atoms with Crippen molar-refractivity contribution in [2.24, 2.45) is 5.92 Å². The van der Waals surface area contributed by atoms with Crippen LogP contribution >= 0.6 is 0 Å². The van der Waals surface area contributed by atoms with Gasteiger partial charge in [-0.3, -0.25) is 4.79 Å². The summed E-state index contributed by atoms with van der Waals surface area (Å²) in [6, 6.07) is 0.325. The Hall–Kier alpha value is -0.873. The minimum atomic E-state index is -1.80. The summed E-state index contributed by atoms with van der Waals surface area (Å²) < 4.78 is 6.28. The number of hydrogen-bond donors (Lipinski definition) is 1. The van der Waals surface area contributed by atoms with Crippen LogP contribution in [-0.4, -0.2) is 26.4 Å². The molecule has 0 aromatic rings.